The first kappa shape index (κ1) is 16.4. The predicted molar refractivity (Wildman–Crippen MR) is 65.8 cm³/mol. The van der Waals surface area contributed by atoms with E-state index in [9.17, 15) is 4.79 Å². The van der Waals surface area contributed by atoms with Crippen LogP contribution in [0.4, 0.5) is 0 Å². The summed E-state index contributed by atoms with van der Waals surface area (Å²) in [5, 5.41) is 0. The van der Waals surface area contributed by atoms with Gasteiger partial charge < -0.3 is 19.1 Å². The molecule has 0 aliphatic heterocycles. The van der Waals surface area contributed by atoms with Crippen LogP contribution in [0.1, 0.15) is 26.7 Å². The zero-order chi connectivity index (χ0) is 13.1. The number of carbonyl (C=O) groups is 1. The van der Waals surface area contributed by atoms with Crippen molar-refractivity contribution in [2.45, 2.75) is 33.0 Å². The number of likely N-dealkylation sites (N-methyl/N-ethyl adjacent to an activating group) is 1. The van der Waals surface area contributed by atoms with Crippen molar-refractivity contribution in [2.24, 2.45) is 0 Å². The number of nitrogens with zero attached hydrogens (tertiary/aromatic N) is 1. The minimum atomic E-state index is -0.187. The fourth-order valence-electron chi connectivity index (χ4n) is 1.47. The van der Waals surface area contributed by atoms with Gasteiger partial charge in [0.05, 0.1) is 7.11 Å². The number of ether oxygens (including phenoxy) is 3. The van der Waals surface area contributed by atoms with E-state index in [2.05, 4.69) is 9.64 Å². The maximum absolute atomic E-state index is 10.9. The molecule has 0 N–H and O–H groups in total. The van der Waals surface area contributed by atoms with Gasteiger partial charge in [-0.2, -0.15) is 0 Å². The standard InChI is InChI=1S/C12H25NO4/c1-5-16-12(17-6-2)10-13(3)9-7-8-11(14)15-4/h12H,5-10H2,1-4H3. The Bertz CT molecular complexity index is 193. The van der Waals surface area contributed by atoms with Gasteiger partial charge in [-0.1, -0.05) is 0 Å². The molecular weight excluding hydrogens is 222 g/mol. The highest BCUT2D eigenvalue weighted by Gasteiger charge is 2.11. The molecule has 0 aliphatic rings. The summed E-state index contributed by atoms with van der Waals surface area (Å²) < 4.78 is 15.5. The van der Waals surface area contributed by atoms with Crippen LogP contribution in [0.3, 0.4) is 0 Å². The molecule has 0 saturated heterocycles. The number of carbonyl (C=O) groups excluding carboxylic acids is 1. The van der Waals surface area contributed by atoms with E-state index >= 15 is 0 Å². The van der Waals surface area contributed by atoms with Gasteiger partial charge in [0.2, 0.25) is 0 Å². The van der Waals surface area contributed by atoms with E-state index in [-0.39, 0.29) is 12.3 Å². The molecule has 0 heterocycles. The second kappa shape index (κ2) is 10.5. The molecule has 0 radical (unpaired) electrons. The maximum Gasteiger partial charge on any atom is 0.305 e. The van der Waals surface area contributed by atoms with E-state index < -0.39 is 0 Å². The van der Waals surface area contributed by atoms with Gasteiger partial charge in [-0.15, -0.1) is 0 Å². The molecule has 5 heteroatoms. The molecule has 0 amide bonds. The molecule has 17 heavy (non-hydrogen) atoms. The molecule has 0 bridgehead atoms. The molecule has 0 saturated carbocycles. The highest BCUT2D eigenvalue weighted by Crippen LogP contribution is 2.01. The lowest BCUT2D eigenvalue weighted by Crippen LogP contribution is -2.34. The third kappa shape index (κ3) is 9.09. The summed E-state index contributed by atoms with van der Waals surface area (Å²) in [5.74, 6) is -0.162. The molecule has 102 valence electrons. The summed E-state index contributed by atoms with van der Waals surface area (Å²) in [6.45, 7) is 6.71. The lowest BCUT2D eigenvalue weighted by Gasteiger charge is -2.23. The summed E-state index contributed by atoms with van der Waals surface area (Å²) in [4.78, 5) is 13.0. The zero-order valence-corrected chi connectivity index (χ0v) is 11.4. The Kier molecular flexibility index (Phi) is 10.1. The summed E-state index contributed by atoms with van der Waals surface area (Å²) in [6, 6.07) is 0. The van der Waals surface area contributed by atoms with Crippen molar-refractivity contribution in [3.8, 4) is 0 Å². The molecule has 0 spiro atoms. The minimum absolute atomic E-state index is 0.162. The third-order valence-electron chi connectivity index (χ3n) is 2.31. The third-order valence-corrected chi connectivity index (χ3v) is 2.31. The fraction of sp³-hybridized carbons (Fsp3) is 0.917. The predicted octanol–water partition coefficient (Wildman–Crippen LogP) is 1.27. The first-order chi connectivity index (χ1) is 8.13. The van der Waals surface area contributed by atoms with Crippen molar-refractivity contribution >= 4 is 5.97 Å². The van der Waals surface area contributed by atoms with E-state index in [1.54, 1.807) is 0 Å². The first-order valence-corrected chi connectivity index (χ1v) is 6.12. The molecule has 0 atom stereocenters. The highest BCUT2D eigenvalue weighted by atomic mass is 16.7. The Morgan fingerprint density at radius 1 is 1.24 bits per heavy atom. The molecular formula is C12H25NO4. The molecule has 0 aromatic rings. The van der Waals surface area contributed by atoms with Crippen LogP contribution in [0.2, 0.25) is 0 Å². The van der Waals surface area contributed by atoms with Gasteiger partial charge in [0.15, 0.2) is 6.29 Å². The fourth-order valence-corrected chi connectivity index (χ4v) is 1.47. The highest BCUT2D eigenvalue weighted by molar-refractivity contribution is 5.69. The lowest BCUT2D eigenvalue weighted by molar-refractivity contribution is -0.145. The van der Waals surface area contributed by atoms with Crippen LogP contribution < -0.4 is 0 Å². The Balaban J connectivity index is 3.73. The number of esters is 1. The van der Waals surface area contributed by atoms with E-state index in [4.69, 9.17) is 9.47 Å². The Hall–Kier alpha value is -0.650. The lowest BCUT2D eigenvalue weighted by atomic mass is 10.3. The summed E-state index contributed by atoms with van der Waals surface area (Å²) >= 11 is 0. The molecule has 0 aromatic carbocycles. The van der Waals surface area contributed by atoms with Gasteiger partial charge in [0.25, 0.3) is 0 Å². The summed E-state index contributed by atoms with van der Waals surface area (Å²) in [6.07, 6.45) is 1.05. The number of rotatable bonds is 10. The average molecular weight is 247 g/mol. The van der Waals surface area contributed by atoms with Gasteiger partial charge in [0.1, 0.15) is 0 Å². The van der Waals surface area contributed by atoms with Crippen LogP contribution in [0.25, 0.3) is 0 Å². The van der Waals surface area contributed by atoms with Crippen LogP contribution in [0.15, 0.2) is 0 Å². The largest absolute Gasteiger partial charge is 0.469 e. The van der Waals surface area contributed by atoms with Crippen molar-refractivity contribution in [2.75, 3.05) is 40.5 Å². The van der Waals surface area contributed by atoms with Gasteiger partial charge in [0, 0.05) is 26.2 Å². The van der Waals surface area contributed by atoms with Crippen molar-refractivity contribution in [3.05, 3.63) is 0 Å². The number of hydrogen-bond acceptors (Lipinski definition) is 5. The second-order valence-electron chi connectivity index (χ2n) is 3.78. The normalized spacial score (nSPS) is 11.2. The van der Waals surface area contributed by atoms with E-state index in [1.807, 2.05) is 20.9 Å². The van der Waals surface area contributed by atoms with E-state index in [0.717, 1.165) is 13.0 Å². The quantitative estimate of drug-likeness (QED) is 0.430. The summed E-state index contributed by atoms with van der Waals surface area (Å²) in [7, 11) is 3.40. The maximum atomic E-state index is 10.9. The molecule has 0 aromatic heterocycles. The monoisotopic (exact) mass is 247 g/mol. The van der Waals surface area contributed by atoms with E-state index in [1.165, 1.54) is 7.11 Å². The smallest absolute Gasteiger partial charge is 0.305 e. The molecule has 0 unspecified atom stereocenters. The number of hydrogen-bond donors (Lipinski definition) is 0. The van der Waals surface area contributed by atoms with Gasteiger partial charge in [-0.3, -0.25) is 4.79 Å². The molecule has 0 aliphatic carbocycles. The van der Waals surface area contributed by atoms with Crippen molar-refractivity contribution < 1.29 is 19.0 Å². The Labute approximate surface area is 104 Å². The van der Waals surface area contributed by atoms with Crippen LogP contribution in [0, 0.1) is 0 Å². The molecule has 0 rings (SSSR count). The summed E-state index contributed by atoms with van der Waals surface area (Å²) in [5.41, 5.74) is 0. The van der Waals surface area contributed by atoms with Crippen molar-refractivity contribution in [1.82, 2.24) is 4.90 Å². The van der Waals surface area contributed by atoms with Gasteiger partial charge in [-0.25, -0.2) is 0 Å². The second-order valence-corrected chi connectivity index (χ2v) is 3.78. The zero-order valence-electron chi connectivity index (χ0n) is 11.4. The van der Waals surface area contributed by atoms with Gasteiger partial charge in [-0.05, 0) is 33.9 Å². The van der Waals surface area contributed by atoms with Crippen molar-refractivity contribution in [3.63, 3.8) is 0 Å². The van der Waals surface area contributed by atoms with Crippen LogP contribution >= 0.6 is 0 Å². The topological polar surface area (TPSA) is 48.0 Å². The van der Waals surface area contributed by atoms with Crippen molar-refractivity contribution in [1.29, 1.82) is 0 Å². The molecule has 0 fully saturated rings. The van der Waals surface area contributed by atoms with Gasteiger partial charge >= 0.3 is 5.97 Å². The average Bonchev–Trinajstić information content (AvgIpc) is 2.29. The Morgan fingerprint density at radius 3 is 2.29 bits per heavy atom. The van der Waals surface area contributed by atoms with Crippen LogP contribution in [0.5, 0.6) is 0 Å². The Morgan fingerprint density at radius 2 is 1.82 bits per heavy atom. The number of methoxy groups -OCH3 is 1. The first-order valence-electron chi connectivity index (χ1n) is 6.12. The van der Waals surface area contributed by atoms with Crippen LogP contribution in [-0.2, 0) is 19.0 Å². The SMILES string of the molecule is CCOC(CN(C)CCCC(=O)OC)OCC. The minimum Gasteiger partial charge on any atom is -0.469 e. The molecule has 5 nitrogen and oxygen atoms in total. The van der Waals surface area contributed by atoms with E-state index in [0.29, 0.717) is 26.2 Å². The van der Waals surface area contributed by atoms with Crippen LogP contribution in [-0.4, -0.2) is 57.6 Å².